The second-order valence-electron chi connectivity index (χ2n) is 6.28. The lowest BCUT2D eigenvalue weighted by molar-refractivity contribution is 0.308. The summed E-state index contributed by atoms with van der Waals surface area (Å²) in [4.78, 5) is 4.46. The maximum atomic E-state index is 4.46. The Labute approximate surface area is 117 Å². The van der Waals surface area contributed by atoms with Crippen LogP contribution in [0.4, 0.5) is 0 Å². The van der Waals surface area contributed by atoms with Gasteiger partial charge in [-0.1, -0.05) is 20.8 Å². The first-order valence-corrected chi connectivity index (χ1v) is 7.77. The first-order valence-electron chi connectivity index (χ1n) is 7.77. The van der Waals surface area contributed by atoms with Crippen molar-refractivity contribution in [1.82, 2.24) is 20.1 Å². The second-order valence-corrected chi connectivity index (χ2v) is 6.28. The molecule has 1 aliphatic rings. The van der Waals surface area contributed by atoms with Gasteiger partial charge in [-0.2, -0.15) is 5.10 Å². The van der Waals surface area contributed by atoms with Gasteiger partial charge in [0.15, 0.2) is 0 Å². The molecule has 2 unspecified atom stereocenters. The van der Waals surface area contributed by atoms with E-state index in [0.717, 1.165) is 25.9 Å². The van der Waals surface area contributed by atoms with Crippen molar-refractivity contribution in [2.45, 2.75) is 71.9 Å². The molecule has 4 heteroatoms. The molecule has 0 amide bonds. The number of hydrogen-bond acceptors (Lipinski definition) is 3. The zero-order chi connectivity index (χ0) is 13.7. The minimum Gasteiger partial charge on any atom is -0.314 e. The summed E-state index contributed by atoms with van der Waals surface area (Å²) in [6, 6.07) is 0.701. The Bertz CT molecular complexity index is 387. The molecule has 1 fully saturated rings. The Morgan fingerprint density at radius 2 is 2.26 bits per heavy atom. The van der Waals surface area contributed by atoms with Crippen molar-refractivity contribution < 1.29 is 0 Å². The van der Waals surface area contributed by atoms with Crippen LogP contribution in [0.3, 0.4) is 0 Å². The summed E-state index contributed by atoms with van der Waals surface area (Å²) in [5.41, 5.74) is 0.393. The molecule has 0 bridgehead atoms. The van der Waals surface area contributed by atoms with E-state index in [9.17, 15) is 0 Å². The smallest absolute Gasteiger partial charge is 0.138 e. The molecule has 1 aliphatic carbocycles. The van der Waals surface area contributed by atoms with Crippen molar-refractivity contribution in [3.63, 3.8) is 0 Å². The Kier molecular flexibility index (Phi) is 4.97. The van der Waals surface area contributed by atoms with E-state index >= 15 is 0 Å². The van der Waals surface area contributed by atoms with E-state index in [-0.39, 0.29) is 0 Å². The van der Waals surface area contributed by atoms with E-state index in [4.69, 9.17) is 0 Å². The van der Waals surface area contributed by atoms with Crippen molar-refractivity contribution in [3.8, 4) is 0 Å². The molecule has 108 valence electrons. The van der Waals surface area contributed by atoms with Crippen molar-refractivity contribution >= 4 is 0 Å². The molecule has 4 nitrogen and oxygen atoms in total. The Hall–Kier alpha value is -0.900. The van der Waals surface area contributed by atoms with Crippen LogP contribution in [0, 0.1) is 5.41 Å². The number of hydrogen-bond donors (Lipinski definition) is 1. The maximum Gasteiger partial charge on any atom is 0.138 e. The number of aromatic nitrogens is 3. The molecular weight excluding hydrogens is 236 g/mol. The maximum absolute atomic E-state index is 4.46. The van der Waals surface area contributed by atoms with Gasteiger partial charge >= 0.3 is 0 Å². The average Bonchev–Trinajstić information content (AvgIpc) is 2.96. The van der Waals surface area contributed by atoms with E-state index < -0.39 is 0 Å². The van der Waals surface area contributed by atoms with Gasteiger partial charge in [0.1, 0.15) is 12.2 Å². The minimum absolute atomic E-state index is 0.393. The lowest BCUT2D eigenvalue weighted by Crippen LogP contribution is -2.29. The third-order valence-electron chi connectivity index (χ3n) is 4.23. The second kappa shape index (κ2) is 6.51. The predicted molar refractivity (Wildman–Crippen MR) is 78.1 cm³/mol. The van der Waals surface area contributed by atoms with Crippen LogP contribution in [0.15, 0.2) is 6.33 Å². The average molecular weight is 264 g/mol. The number of aryl methyl sites for hydroxylation is 1. The van der Waals surface area contributed by atoms with E-state index in [1.165, 1.54) is 31.5 Å². The Balaban J connectivity index is 1.93. The van der Waals surface area contributed by atoms with Crippen molar-refractivity contribution in [2.24, 2.45) is 5.41 Å². The highest BCUT2D eigenvalue weighted by Crippen LogP contribution is 2.40. The van der Waals surface area contributed by atoms with E-state index in [2.05, 4.69) is 40.9 Å². The summed E-state index contributed by atoms with van der Waals surface area (Å²) in [5.74, 6) is 1.17. The summed E-state index contributed by atoms with van der Waals surface area (Å²) >= 11 is 0. The summed E-state index contributed by atoms with van der Waals surface area (Å²) < 4.78 is 2.08. The first-order chi connectivity index (χ1) is 9.17. The monoisotopic (exact) mass is 264 g/mol. The van der Waals surface area contributed by atoms with Crippen LogP contribution in [0.1, 0.15) is 58.7 Å². The lowest BCUT2D eigenvalue weighted by atomic mass is 9.84. The summed E-state index contributed by atoms with van der Waals surface area (Å²) in [7, 11) is 0. The van der Waals surface area contributed by atoms with Gasteiger partial charge in [-0.3, -0.25) is 4.68 Å². The van der Waals surface area contributed by atoms with Crippen LogP contribution in [0.5, 0.6) is 0 Å². The standard InChI is InChI=1S/C15H28N4/c1-4-8-16-13-6-7-15(3,10-13)11-14-17-12-18-19(14)9-5-2/h12-13,16H,4-11H2,1-3H3. The quantitative estimate of drug-likeness (QED) is 0.823. The first kappa shape index (κ1) is 14.5. The molecule has 2 atom stereocenters. The zero-order valence-corrected chi connectivity index (χ0v) is 12.7. The molecule has 0 radical (unpaired) electrons. The van der Waals surface area contributed by atoms with Gasteiger partial charge < -0.3 is 5.32 Å². The molecule has 2 rings (SSSR count). The molecule has 0 aromatic carbocycles. The molecule has 0 spiro atoms. The third kappa shape index (κ3) is 3.78. The molecule has 0 saturated heterocycles. The van der Waals surface area contributed by atoms with Crippen molar-refractivity contribution in [2.75, 3.05) is 6.54 Å². The van der Waals surface area contributed by atoms with E-state index in [1.54, 1.807) is 6.33 Å². The molecule has 1 N–H and O–H groups in total. The van der Waals surface area contributed by atoms with Gasteiger partial charge in [0.05, 0.1) is 0 Å². The topological polar surface area (TPSA) is 42.7 Å². The molecular formula is C15H28N4. The molecule has 1 saturated carbocycles. The lowest BCUT2D eigenvalue weighted by Gasteiger charge is -2.24. The number of rotatable bonds is 7. The molecule has 0 aliphatic heterocycles. The third-order valence-corrected chi connectivity index (χ3v) is 4.23. The molecule has 1 aromatic rings. The van der Waals surface area contributed by atoms with Crippen LogP contribution in [-0.2, 0) is 13.0 Å². The Morgan fingerprint density at radius 3 is 3.00 bits per heavy atom. The van der Waals surface area contributed by atoms with Crippen LogP contribution in [0.2, 0.25) is 0 Å². The van der Waals surface area contributed by atoms with Crippen molar-refractivity contribution in [1.29, 1.82) is 0 Å². The van der Waals surface area contributed by atoms with E-state index in [0.29, 0.717) is 11.5 Å². The van der Waals surface area contributed by atoms with E-state index in [1.807, 2.05) is 0 Å². The molecule has 1 aromatic heterocycles. The molecule has 1 heterocycles. The van der Waals surface area contributed by atoms with Crippen molar-refractivity contribution in [3.05, 3.63) is 12.2 Å². The molecule has 19 heavy (non-hydrogen) atoms. The van der Waals surface area contributed by atoms with Crippen LogP contribution >= 0.6 is 0 Å². The summed E-state index contributed by atoms with van der Waals surface area (Å²) in [5, 5.41) is 8.00. The number of nitrogens with zero attached hydrogens (tertiary/aromatic N) is 3. The highest BCUT2D eigenvalue weighted by Gasteiger charge is 2.35. The van der Waals surface area contributed by atoms with Crippen LogP contribution < -0.4 is 5.32 Å². The predicted octanol–water partition coefficient (Wildman–Crippen LogP) is 2.79. The fourth-order valence-corrected chi connectivity index (χ4v) is 3.21. The van der Waals surface area contributed by atoms with Gasteiger partial charge in [-0.25, -0.2) is 4.98 Å². The van der Waals surface area contributed by atoms with Gasteiger partial charge in [-0.05, 0) is 44.1 Å². The minimum atomic E-state index is 0.393. The van der Waals surface area contributed by atoms with Gasteiger partial charge in [0.2, 0.25) is 0 Å². The number of nitrogens with one attached hydrogen (secondary N) is 1. The fraction of sp³-hybridized carbons (Fsp3) is 0.867. The zero-order valence-electron chi connectivity index (χ0n) is 12.7. The SMILES string of the molecule is CCCNC1CCC(C)(Cc2ncnn2CCC)C1. The Morgan fingerprint density at radius 1 is 1.42 bits per heavy atom. The van der Waals surface area contributed by atoms with Crippen LogP contribution in [0.25, 0.3) is 0 Å². The largest absolute Gasteiger partial charge is 0.314 e. The van der Waals surface area contributed by atoms with Gasteiger partial charge in [0.25, 0.3) is 0 Å². The summed E-state index contributed by atoms with van der Waals surface area (Å²) in [6.07, 6.45) is 8.98. The van der Waals surface area contributed by atoms with Gasteiger partial charge in [-0.15, -0.1) is 0 Å². The highest BCUT2D eigenvalue weighted by atomic mass is 15.3. The fourth-order valence-electron chi connectivity index (χ4n) is 3.21. The van der Waals surface area contributed by atoms with Crippen LogP contribution in [-0.4, -0.2) is 27.4 Å². The summed E-state index contributed by atoms with van der Waals surface area (Å²) in [6.45, 7) is 8.96. The normalized spacial score (nSPS) is 27.0. The van der Waals surface area contributed by atoms with Gasteiger partial charge in [0, 0.05) is 19.0 Å². The highest BCUT2D eigenvalue weighted by molar-refractivity contribution is 4.98.